The summed E-state index contributed by atoms with van der Waals surface area (Å²) in [7, 11) is 0. The Balaban J connectivity index is 1.31. The van der Waals surface area contributed by atoms with Crippen molar-refractivity contribution in [2.75, 3.05) is 36.5 Å². The second kappa shape index (κ2) is 9.90. The molecular weight excluding hydrogens is 469 g/mol. The van der Waals surface area contributed by atoms with Gasteiger partial charge in [0.2, 0.25) is 0 Å². The molecule has 1 amide bonds. The minimum atomic E-state index is -0.332. The first-order chi connectivity index (χ1) is 18.1. The van der Waals surface area contributed by atoms with Crippen LogP contribution in [0.5, 0.6) is 11.5 Å². The number of hydrogen-bond donors (Lipinski definition) is 1. The molecule has 0 aromatic heterocycles. The van der Waals surface area contributed by atoms with Crippen molar-refractivity contribution in [1.29, 1.82) is 0 Å². The van der Waals surface area contributed by atoms with Gasteiger partial charge in [0, 0.05) is 29.5 Å². The Morgan fingerprint density at radius 1 is 1.03 bits per heavy atom. The number of nitrogens with one attached hydrogen (secondary N) is 1. The van der Waals surface area contributed by atoms with E-state index >= 15 is 4.39 Å². The molecule has 1 N–H and O–H groups in total. The minimum absolute atomic E-state index is 0.0336. The molecule has 0 aliphatic carbocycles. The van der Waals surface area contributed by atoms with E-state index in [-0.39, 0.29) is 17.8 Å². The summed E-state index contributed by atoms with van der Waals surface area (Å²) < 4.78 is 26.6. The predicted molar refractivity (Wildman–Crippen MR) is 143 cm³/mol. The number of benzene rings is 3. The van der Waals surface area contributed by atoms with Crippen molar-refractivity contribution < 1.29 is 18.7 Å². The zero-order chi connectivity index (χ0) is 25.4. The maximum Gasteiger partial charge on any atom is 0.255 e. The van der Waals surface area contributed by atoms with Crippen LogP contribution in [-0.4, -0.2) is 49.2 Å². The molecule has 3 aromatic carbocycles. The molecule has 7 heteroatoms. The molecule has 1 saturated heterocycles. The predicted octanol–water partition coefficient (Wildman–Crippen LogP) is 5.87. The number of amides is 1. The third-order valence-electron chi connectivity index (χ3n) is 7.41. The van der Waals surface area contributed by atoms with E-state index in [1.807, 2.05) is 24.3 Å². The summed E-state index contributed by atoms with van der Waals surface area (Å²) in [6, 6.07) is 18.4. The number of para-hydroxylation sites is 1. The highest BCUT2D eigenvalue weighted by molar-refractivity contribution is 6.05. The van der Waals surface area contributed by atoms with E-state index in [1.165, 1.54) is 18.9 Å². The summed E-state index contributed by atoms with van der Waals surface area (Å²) in [5.41, 5.74) is 3.40. The van der Waals surface area contributed by atoms with Crippen molar-refractivity contribution in [1.82, 2.24) is 4.90 Å². The lowest BCUT2D eigenvalue weighted by Gasteiger charge is -2.39. The van der Waals surface area contributed by atoms with E-state index in [0.717, 1.165) is 24.3 Å². The van der Waals surface area contributed by atoms with Gasteiger partial charge in [0.05, 0.1) is 11.7 Å². The lowest BCUT2D eigenvalue weighted by Crippen LogP contribution is -2.43. The quantitative estimate of drug-likeness (QED) is 0.476. The highest BCUT2D eigenvalue weighted by Gasteiger charge is 2.30. The Kier molecular flexibility index (Phi) is 6.30. The van der Waals surface area contributed by atoms with Gasteiger partial charge in [-0.1, -0.05) is 30.4 Å². The van der Waals surface area contributed by atoms with Crippen LogP contribution in [0.15, 0.2) is 66.7 Å². The number of ether oxygens (including phenoxy) is 2. The van der Waals surface area contributed by atoms with Crippen LogP contribution in [0, 0.1) is 5.82 Å². The van der Waals surface area contributed by atoms with Gasteiger partial charge in [-0.3, -0.25) is 9.69 Å². The first-order valence-electron chi connectivity index (χ1n) is 12.9. The molecule has 1 unspecified atom stereocenters. The smallest absolute Gasteiger partial charge is 0.255 e. The number of likely N-dealkylation sites (tertiary alicyclic amines) is 1. The van der Waals surface area contributed by atoms with Gasteiger partial charge in [0.15, 0.2) is 11.5 Å². The Morgan fingerprint density at radius 2 is 1.86 bits per heavy atom. The summed E-state index contributed by atoms with van der Waals surface area (Å²) >= 11 is 0. The van der Waals surface area contributed by atoms with Crippen LogP contribution in [-0.2, 0) is 0 Å². The fourth-order valence-electron chi connectivity index (χ4n) is 5.45. The summed E-state index contributed by atoms with van der Waals surface area (Å²) in [6.07, 6.45) is 6.66. The fraction of sp³-hybridized carbons (Fsp3) is 0.300. The largest absolute Gasteiger partial charge is 0.486 e. The van der Waals surface area contributed by atoms with Crippen molar-refractivity contribution >= 4 is 29.0 Å². The topological polar surface area (TPSA) is 54.0 Å². The Labute approximate surface area is 216 Å². The van der Waals surface area contributed by atoms with Crippen molar-refractivity contribution in [3.8, 4) is 11.5 Å². The van der Waals surface area contributed by atoms with Crippen LogP contribution >= 0.6 is 0 Å². The molecule has 37 heavy (non-hydrogen) atoms. The standard InChI is InChI=1S/C30H30FN3O3/c1-20-5-4-14-33(20)19-24-11-8-21-6-2-3-7-26(21)34(24)27-18-23(10-12-25(27)31)32-30(35)22-9-13-28-29(17-22)37-16-15-36-28/h2-3,6-13,17-18,20,24H,4-5,14-16,19H2,1H3,(H,32,35)/t20?,24-/m0/s1. The fourth-order valence-corrected chi connectivity index (χ4v) is 5.45. The van der Waals surface area contributed by atoms with Crippen molar-refractivity contribution in [2.45, 2.75) is 31.8 Å². The number of hydrogen-bond acceptors (Lipinski definition) is 5. The van der Waals surface area contributed by atoms with Crippen LogP contribution in [0.25, 0.3) is 6.08 Å². The van der Waals surface area contributed by atoms with E-state index in [1.54, 1.807) is 30.3 Å². The zero-order valence-corrected chi connectivity index (χ0v) is 20.8. The second-order valence-corrected chi connectivity index (χ2v) is 9.82. The van der Waals surface area contributed by atoms with E-state index in [4.69, 9.17) is 9.47 Å². The first kappa shape index (κ1) is 23.6. The number of carbonyl (C=O) groups excluding carboxylic acids is 1. The molecule has 0 saturated carbocycles. The Bertz CT molecular complexity index is 1360. The maximum absolute atomic E-state index is 15.4. The molecule has 2 atom stereocenters. The van der Waals surface area contributed by atoms with E-state index in [9.17, 15) is 4.79 Å². The van der Waals surface area contributed by atoms with Gasteiger partial charge >= 0.3 is 0 Å². The number of halogens is 1. The highest BCUT2D eigenvalue weighted by atomic mass is 19.1. The third-order valence-corrected chi connectivity index (χ3v) is 7.41. The van der Waals surface area contributed by atoms with Crippen molar-refractivity contribution in [3.63, 3.8) is 0 Å². The molecular formula is C30H30FN3O3. The van der Waals surface area contributed by atoms with E-state index in [2.05, 4.69) is 34.2 Å². The summed E-state index contributed by atoms with van der Waals surface area (Å²) in [4.78, 5) is 17.6. The van der Waals surface area contributed by atoms with Gasteiger partial charge in [-0.2, -0.15) is 0 Å². The average Bonchev–Trinajstić information content (AvgIpc) is 3.33. The van der Waals surface area contributed by atoms with Gasteiger partial charge in [0.25, 0.3) is 5.91 Å². The number of nitrogens with zero attached hydrogens (tertiary/aromatic N) is 2. The molecule has 0 bridgehead atoms. The lowest BCUT2D eigenvalue weighted by molar-refractivity contribution is 0.102. The lowest BCUT2D eigenvalue weighted by atomic mass is 10.0. The van der Waals surface area contributed by atoms with Crippen molar-refractivity contribution in [2.24, 2.45) is 0 Å². The monoisotopic (exact) mass is 499 g/mol. The number of anilines is 3. The van der Waals surface area contributed by atoms with E-state index in [0.29, 0.717) is 47.7 Å². The maximum atomic E-state index is 15.4. The first-order valence-corrected chi connectivity index (χ1v) is 12.9. The van der Waals surface area contributed by atoms with Crippen molar-refractivity contribution in [3.05, 3.63) is 83.7 Å². The highest BCUT2D eigenvalue weighted by Crippen LogP contribution is 2.39. The van der Waals surface area contributed by atoms with Crippen LogP contribution in [0.3, 0.4) is 0 Å². The molecule has 0 spiro atoms. The molecule has 3 aliphatic heterocycles. The zero-order valence-electron chi connectivity index (χ0n) is 20.8. The summed E-state index contributed by atoms with van der Waals surface area (Å²) in [6.45, 7) is 5.05. The van der Waals surface area contributed by atoms with Crippen LogP contribution in [0.2, 0.25) is 0 Å². The number of fused-ring (bicyclic) bond motifs is 2. The molecule has 1 fully saturated rings. The summed E-state index contributed by atoms with van der Waals surface area (Å²) in [5, 5.41) is 2.93. The number of carbonyl (C=O) groups is 1. The molecule has 3 heterocycles. The van der Waals surface area contributed by atoms with Gasteiger partial charge in [-0.05, 0) is 74.3 Å². The molecule has 3 aromatic rings. The average molecular weight is 500 g/mol. The minimum Gasteiger partial charge on any atom is -0.486 e. The van der Waals surface area contributed by atoms with E-state index < -0.39 is 0 Å². The van der Waals surface area contributed by atoms with Gasteiger partial charge in [0.1, 0.15) is 19.0 Å². The van der Waals surface area contributed by atoms with Crippen LogP contribution < -0.4 is 19.7 Å². The Hall–Kier alpha value is -3.84. The number of rotatable bonds is 5. The van der Waals surface area contributed by atoms with Crippen LogP contribution in [0.4, 0.5) is 21.5 Å². The third kappa shape index (κ3) is 4.67. The molecule has 190 valence electrons. The second-order valence-electron chi connectivity index (χ2n) is 9.82. The van der Waals surface area contributed by atoms with Gasteiger partial charge in [-0.15, -0.1) is 0 Å². The molecule has 6 rings (SSSR count). The normalized spacial score (nSPS) is 20.5. The SMILES string of the molecule is CC1CCCN1C[C@@H]1C=Cc2ccccc2N1c1cc(NC(=O)c2ccc3c(c2)OCCO3)ccc1F. The molecule has 3 aliphatic rings. The van der Waals surface area contributed by atoms with Gasteiger partial charge < -0.3 is 19.7 Å². The molecule has 0 radical (unpaired) electrons. The Morgan fingerprint density at radius 3 is 2.70 bits per heavy atom. The summed E-state index contributed by atoms with van der Waals surface area (Å²) in [5.74, 6) is 0.550. The molecule has 6 nitrogen and oxygen atoms in total. The van der Waals surface area contributed by atoms with Gasteiger partial charge in [-0.25, -0.2) is 4.39 Å². The van der Waals surface area contributed by atoms with Crippen LogP contribution in [0.1, 0.15) is 35.7 Å².